The topological polar surface area (TPSA) is 44.0 Å². The van der Waals surface area contributed by atoms with Crippen LogP contribution in [0, 0.1) is 13.8 Å². The fourth-order valence-corrected chi connectivity index (χ4v) is 2.43. The van der Waals surface area contributed by atoms with Crippen LogP contribution in [0.25, 0.3) is 11.4 Å². The van der Waals surface area contributed by atoms with Crippen LogP contribution < -0.4 is 11.1 Å². The number of pyridine rings is 2. The average molecular weight is 292 g/mol. The molecule has 0 atom stereocenters. The fraction of sp³-hybridized carbons (Fsp3) is 0.111. The van der Waals surface area contributed by atoms with E-state index in [9.17, 15) is 9.59 Å². The van der Waals surface area contributed by atoms with Crippen LogP contribution in [-0.2, 0) is 0 Å². The van der Waals surface area contributed by atoms with Gasteiger partial charge >= 0.3 is 0 Å². The number of benzene rings is 1. The first-order chi connectivity index (χ1) is 10.6. The zero-order valence-electron chi connectivity index (χ0n) is 12.5. The van der Waals surface area contributed by atoms with Crippen LogP contribution in [0.2, 0.25) is 0 Å². The lowest BCUT2D eigenvalue weighted by molar-refractivity contribution is 0.915. The molecule has 0 unspecified atom stereocenters. The highest BCUT2D eigenvalue weighted by Gasteiger charge is 2.09. The number of para-hydroxylation sites is 2. The van der Waals surface area contributed by atoms with Crippen molar-refractivity contribution >= 4 is 0 Å². The normalized spacial score (nSPS) is 10.6. The average Bonchev–Trinajstić information content (AvgIpc) is 2.52. The third kappa shape index (κ3) is 2.51. The van der Waals surface area contributed by atoms with E-state index >= 15 is 0 Å². The Balaban J connectivity index is 2.32. The molecule has 2 aromatic heterocycles. The molecule has 4 heteroatoms. The minimum atomic E-state index is -0.126. The first-order valence-corrected chi connectivity index (χ1v) is 7.05. The van der Waals surface area contributed by atoms with Crippen LogP contribution in [0.4, 0.5) is 0 Å². The molecule has 4 nitrogen and oxygen atoms in total. The minimum Gasteiger partial charge on any atom is -0.282 e. The third-order valence-corrected chi connectivity index (χ3v) is 3.52. The van der Waals surface area contributed by atoms with Gasteiger partial charge in [0.05, 0.1) is 11.4 Å². The summed E-state index contributed by atoms with van der Waals surface area (Å²) in [4.78, 5) is 24.4. The highest BCUT2D eigenvalue weighted by atomic mass is 16.1. The summed E-state index contributed by atoms with van der Waals surface area (Å²) in [6, 6.07) is 14.0. The van der Waals surface area contributed by atoms with Crippen LogP contribution in [0.15, 0.2) is 70.5 Å². The lowest BCUT2D eigenvalue weighted by Crippen LogP contribution is -2.22. The van der Waals surface area contributed by atoms with Crippen LogP contribution in [0.5, 0.6) is 0 Å². The summed E-state index contributed by atoms with van der Waals surface area (Å²) in [6.07, 6.45) is 3.56. The number of nitrogens with zero attached hydrogens (tertiary/aromatic N) is 2. The van der Waals surface area contributed by atoms with E-state index in [1.165, 1.54) is 12.1 Å². The van der Waals surface area contributed by atoms with Crippen LogP contribution in [0.3, 0.4) is 0 Å². The van der Waals surface area contributed by atoms with Gasteiger partial charge in [-0.15, -0.1) is 0 Å². The van der Waals surface area contributed by atoms with Crippen LogP contribution in [-0.4, -0.2) is 9.13 Å². The zero-order chi connectivity index (χ0) is 15.7. The maximum atomic E-state index is 12.2. The summed E-state index contributed by atoms with van der Waals surface area (Å²) in [7, 11) is 0. The molecule has 3 rings (SSSR count). The molecule has 22 heavy (non-hydrogen) atoms. The van der Waals surface area contributed by atoms with Crippen molar-refractivity contribution in [3.05, 3.63) is 92.8 Å². The Hall–Kier alpha value is -2.88. The van der Waals surface area contributed by atoms with Gasteiger partial charge < -0.3 is 0 Å². The van der Waals surface area contributed by atoms with Gasteiger partial charge in [0.1, 0.15) is 0 Å². The number of aryl methyl sites for hydroxylation is 2. The number of rotatable bonds is 2. The summed E-state index contributed by atoms with van der Waals surface area (Å²) < 4.78 is 3.14. The number of hydrogen-bond acceptors (Lipinski definition) is 2. The van der Waals surface area contributed by atoms with Crippen molar-refractivity contribution in [2.45, 2.75) is 13.8 Å². The molecule has 110 valence electrons. The molecule has 0 bridgehead atoms. The highest BCUT2D eigenvalue weighted by molar-refractivity contribution is 5.53. The molecule has 0 aliphatic heterocycles. The van der Waals surface area contributed by atoms with Gasteiger partial charge in [0.15, 0.2) is 0 Å². The Labute approximate surface area is 127 Å². The fourth-order valence-electron chi connectivity index (χ4n) is 2.43. The molecule has 0 radical (unpaired) electrons. The van der Waals surface area contributed by atoms with Crippen molar-refractivity contribution in [1.29, 1.82) is 0 Å². The first kappa shape index (κ1) is 14.1. The van der Waals surface area contributed by atoms with Gasteiger partial charge in [-0.2, -0.15) is 0 Å². The largest absolute Gasteiger partial charge is 0.282 e. The second-order valence-corrected chi connectivity index (χ2v) is 5.32. The number of aromatic nitrogens is 2. The van der Waals surface area contributed by atoms with Crippen molar-refractivity contribution in [1.82, 2.24) is 9.13 Å². The van der Waals surface area contributed by atoms with Crippen molar-refractivity contribution in [3.63, 3.8) is 0 Å². The van der Waals surface area contributed by atoms with E-state index in [0.717, 1.165) is 11.1 Å². The molecule has 0 fully saturated rings. The van der Waals surface area contributed by atoms with Gasteiger partial charge in [0.25, 0.3) is 11.1 Å². The van der Waals surface area contributed by atoms with Crippen LogP contribution >= 0.6 is 0 Å². The first-order valence-electron chi connectivity index (χ1n) is 7.05. The molecular weight excluding hydrogens is 276 g/mol. The van der Waals surface area contributed by atoms with Crippen molar-refractivity contribution in [2.24, 2.45) is 0 Å². The SMILES string of the molecule is Cc1ccc(=O)n(-c2ccccc2-n2cc(C)ccc2=O)c1. The maximum absolute atomic E-state index is 12.2. The molecule has 0 saturated carbocycles. The summed E-state index contributed by atoms with van der Waals surface area (Å²) in [6.45, 7) is 3.86. The summed E-state index contributed by atoms with van der Waals surface area (Å²) in [5.74, 6) is 0. The molecule has 2 heterocycles. The molecule has 0 aliphatic carbocycles. The van der Waals surface area contributed by atoms with E-state index in [1.807, 2.05) is 38.1 Å². The van der Waals surface area contributed by atoms with E-state index in [2.05, 4.69) is 0 Å². The van der Waals surface area contributed by atoms with Crippen molar-refractivity contribution < 1.29 is 0 Å². The molecular formula is C18H16N2O2. The summed E-state index contributed by atoms with van der Waals surface area (Å²) in [5.41, 5.74) is 3.07. The molecule has 0 N–H and O–H groups in total. The van der Waals surface area contributed by atoms with Gasteiger partial charge in [-0.1, -0.05) is 24.3 Å². The smallest absolute Gasteiger partial charge is 0.255 e. The highest BCUT2D eigenvalue weighted by Crippen LogP contribution is 2.17. The predicted molar refractivity (Wildman–Crippen MR) is 87.1 cm³/mol. The minimum absolute atomic E-state index is 0.126. The second kappa shape index (κ2) is 5.48. The van der Waals surface area contributed by atoms with E-state index in [1.54, 1.807) is 33.7 Å². The Morgan fingerprint density at radius 2 is 1.05 bits per heavy atom. The Morgan fingerprint density at radius 1 is 0.636 bits per heavy atom. The quantitative estimate of drug-likeness (QED) is 0.728. The maximum Gasteiger partial charge on any atom is 0.255 e. The molecule has 0 spiro atoms. The van der Waals surface area contributed by atoms with Gasteiger partial charge in [-0.05, 0) is 37.1 Å². The van der Waals surface area contributed by atoms with Gasteiger partial charge in [0.2, 0.25) is 0 Å². The van der Waals surface area contributed by atoms with Gasteiger partial charge in [-0.3, -0.25) is 18.7 Å². The monoisotopic (exact) mass is 292 g/mol. The zero-order valence-corrected chi connectivity index (χ0v) is 12.5. The Morgan fingerprint density at radius 3 is 1.45 bits per heavy atom. The number of hydrogen-bond donors (Lipinski definition) is 0. The van der Waals surface area contributed by atoms with E-state index in [0.29, 0.717) is 11.4 Å². The third-order valence-electron chi connectivity index (χ3n) is 3.52. The molecule has 0 saturated heterocycles. The van der Waals surface area contributed by atoms with Gasteiger partial charge in [-0.25, -0.2) is 0 Å². The van der Waals surface area contributed by atoms with E-state index in [-0.39, 0.29) is 11.1 Å². The second-order valence-electron chi connectivity index (χ2n) is 5.32. The van der Waals surface area contributed by atoms with E-state index < -0.39 is 0 Å². The van der Waals surface area contributed by atoms with E-state index in [4.69, 9.17) is 0 Å². The molecule has 0 amide bonds. The lowest BCUT2D eigenvalue weighted by atomic mass is 10.2. The molecule has 0 aliphatic rings. The van der Waals surface area contributed by atoms with Crippen molar-refractivity contribution in [3.8, 4) is 11.4 Å². The van der Waals surface area contributed by atoms with Gasteiger partial charge in [0, 0.05) is 24.5 Å². The Bertz CT molecular complexity index is 873. The lowest BCUT2D eigenvalue weighted by Gasteiger charge is -2.14. The molecule has 1 aromatic carbocycles. The Kier molecular flexibility index (Phi) is 3.51. The molecule has 3 aromatic rings. The summed E-state index contributed by atoms with van der Waals surface area (Å²) >= 11 is 0. The standard InChI is InChI=1S/C18H16N2O2/c1-13-7-9-17(21)19(11-13)15-5-3-4-6-16(15)20-12-14(2)8-10-18(20)22/h3-12H,1-2H3. The predicted octanol–water partition coefficient (Wildman–Crippen LogP) is 2.61. The van der Waals surface area contributed by atoms with Crippen LogP contribution in [0.1, 0.15) is 11.1 Å². The van der Waals surface area contributed by atoms with Crippen molar-refractivity contribution in [2.75, 3.05) is 0 Å². The summed E-state index contributed by atoms with van der Waals surface area (Å²) in [5, 5.41) is 0.